The van der Waals surface area contributed by atoms with Crippen molar-refractivity contribution in [3.8, 4) is 0 Å². The van der Waals surface area contributed by atoms with Crippen LogP contribution < -0.4 is 5.56 Å². The number of nitrogens with one attached hydrogen (secondary N) is 1. The van der Waals surface area contributed by atoms with Crippen LogP contribution in [0.15, 0.2) is 27.7 Å². The van der Waals surface area contributed by atoms with Crippen LogP contribution >= 0.6 is 11.3 Å². The van der Waals surface area contributed by atoms with Crippen molar-refractivity contribution in [2.75, 3.05) is 13.1 Å². The first-order valence-electron chi connectivity index (χ1n) is 11.2. The van der Waals surface area contributed by atoms with E-state index in [1.807, 2.05) is 24.8 Å². The number of aromatic amines is 1. The van der Waals surface area contributed by atoms with Crippen molar-refractivity contribution in [1.29, 1.82) is 0 Å². The van der Waals surface area contributed by atoms with Crippen molar-refractivity contribution < 1.29 is 4.79 Å². The van der Waals surface area contributed by atoms with Crippen molar-refractivity contribution in [1.82, 2.24) is 24.4 Å². The van der Waals surface area contributed by atoms with E-state index in [1.54, 1.807) is 15.9 Å². The summed E-state index contributed by atoms with van der Waals surface area (Å²) in [5.41, 5.74) is 4.54. The molecule has 1 amide bonds. The van der Waals surface area contributed by atoms with Gasteiger partial charge in [0.25, 0.3) is 5.56 Å². The van der Waals surface area contributed by atoms with Gasteiger partial charge >= 0.3 is 0 Å². The highest BCUT2D eigenvalue weighted by Gasteiger charge is 2.31. The highest BCUT2D eigenvalue weighted by molar-refractivity contribution is 7.07. The Morgan fingerprint density at radius 2 is 2.19 bits per heavy atom. The van der Waals surface area contributed by atoms with Crippen LogP contribution in [0.3, 0.4) is 0 Å². The van der Waals surface area contributed by atoms with Crippen LogP contribution in [0, 0.1) is 5.92 Å². The number of aromatic nitrogens is 3. The van der Waals surface area contributed by atoms with Gasteiger partial charge in [-0.15, -0.1) is 0 Å². The maximum absolute atomic E-state index is 13.3. The number of rotatable bonds is 4. The molecule has 1 fully saturated rings. The number of fused-ring (bicyclic) bond motifs is 2. The van der Waals surface area contributed by atoms with Crippen molar-refractivity contribution in [3.63, 3.8) is 0 Å². The van der Waals surface area contributed by atoms with Gasteiger partial charge in [0.15, 0.2) is 5.65 Å². The van der Waals surface area contributed by atoms with E-state index < -0.39 is 0 Å². The maximum Gasteiger partial charge on any atom is 0.277 e. The lowest BCUT2D eigenvalue weighted by atomic mass is 9.97. The molecule has 2 aliphatic rings. The summed E-state index contributed by atoms with van der Waals surface area (Å²) in [6.07, 6.45) is 3.81. The van der Waals surface area contributed by atoms with Gasteiger partial charge in [0.2, 0.25) is 5.91 Å². The van der Waals surface area contributed by atoms with E-state index in [1.165, 1.54) is 5.56 Å². The highest BCUT2D eigenvalue weighted by atomic mass is 32.1. The molecule has 1 atom stereocenters. The monoisotopic (exact) mass is 439 g/mol. The van der Waals surface area contributed by atoms with E-state index >= 15 is 0 Å². The number of hydrogen-bond acceptors (Lipinski definition) is 5. The molecule has 164 valence electrons. The predicted octanol–water partition coefficient (Wildman–Crippen LogP) is 3.35. The molecule has 0 saturated carbocycles. The van der Waals surface area contributed by atoms with E-state index in [4.69, 9.17) is 4.98 Å². The maximum atomic E-state index is 13.3. The Balaban J connectivity index is 1.46. The summed E-state index contributed by atoms with van der Waals surface area (Å²) < 4.78 is 1.58. The van der Waals surface area contributed by atoms with Crippen LogP contribution in [0.5, 0.6) is 0 Å². The fraction of sp³-hybridized carbons (Fsp3) is 0.522. The summed E-state index contributed by atoms with van der Waals surface area (Å²) in [4.78, 5) is 35.2. The molecule has 0 radical (unpaired) electrons. The second-order valence-corrected chi connectivity index (χ2v) is 9.82. The third-order valence-electron chi connectivity index (χ3n) is 6.49. The number of carbonyl (C=O) groups excluding carboxylic acids is 1. The Kier molecular flexibility index (Phi) is 5.44. The number of likely N-dealkylation sites (tertiary alicyclic amines) is 1. The molecule has 8 heteroatoms. The topological polar surface area (TPSA) is 73.7 Å². The average Bonchev–Trinajstić information content (AvgIpc) is 3.44. The number of piperidine rings is 1. The van der Waals surface area contributed by atoms with E-state index in [2.05, 4.69) is 26.8 Å². The molecule has 3 aromatic heterocycles. The third kappa shape index (κ3) is 3.83. The van der Waals surface area contributed by atoms with Crippen LogP contribution in [0.2, 0.25) is 0 Å². The van der Waals surface area contributed by atoms with Gasteiger partial charge in [0.05, 0.1) is 23.0 Å². The lowest BCUT2D eigenvalue weighted by molar-refractivity contribution is -0.138. The first-order chi connectivity index (χ1) is 15.0. The second-order valence-electron chi connectivity index (χ2n) is 9.04. The van der Waals surface area contributed by atoms with E-state index in [0.717, 1.165) is 62.3 Å². The first-order valence-corrected chi connectivity index (χ1v) is 12.1. The Morgan fingerprint density at radius 1 is 1.32 bits per heavy atom. The van der Waals surface area contributed by atoms with Crippen molar-refractivity contribution in [2.24, 2.45) is 5.92 Å². The molecule has 31 heavy (non-hydrogen) atoms. The summed E-state index contributed by atoms with van der Waals surface area (Å²) in [6, 6.07) is 4.09. The van der Waals surface area contributed by atoms with E-state index in [-0.39, 0.29) is 23.4 Å². The molecule has 1 N–H and O–H groups in total. The van der Waals surface area contributed by atoms with E-state index in [9.17, 15) is 9.59 Å². The molecule has 5 heterocycles. The van der Waals surface area contributed by atoms with Gasteiger partial charge < -0.3 is 4.90 Å². The quantitative estimate of drug-likeness (QED) is 0.677. The van der Waals surface area contributed by atoms with Gasteiger partial charge in [-0.3, -0.25) is 19.6 Å². The van der Waals surface area contributed by atoms with Crippen molar-refractivity contribution in [3.05, 3.63) is 55.8 Å². The Morgan fingerprint density at radius 3 is 2.97 bits per heavy atom. The first kappa shape index (κ1) is 20.5. The molecular formula is C23H29N5O2S. The SMILES string of the molecule is CC(C)C(=O)N1CCCC[C@H]1c1cc2nc3c(c(=O)n2[nH]1)CN(Cc1ccsc1)CC3. The minimum atomic E-state index is -0.0349. The summed E-state index contributed by atoms with van der Waals surface area (Å²) in [6.45, 7) is 7.04. The molecule has 0 aliphatic carbocycles. The average molecular weight is 440 g/mol. The van der Waals surface area contributed by atoms with Gasteiger partial charge in [0, 0.05) is 44.6 Å². The van der Waals surface area contributed by atoms with Gasteiger partial charge in [-0.25, -0.2) is 9.50 Å². The second kappa shape index (κ2) is 8.24. The van der Waals surface area contributed by atoms with Crippen LogP contribution in [0.1, 0.15) is 61.7 Å². The minimum Gasteiger partial charge on any atom is -0.334 e. The van der Waals surface area contributed by atoms with Crippen LogP contribution in [-0.4, -0.2) is 43.4 Å². The molecule has 2 aliphatic heterocycles. The molecule has 1 saturated heterocycles. The zero-order chi connectivity index (χ0) is 21.5. The zero-order valence-corrected chi connectivity index (χ0v) is 19.0. The molecule has 0 aromatic carbocycles. The van der Waals surface area contributed by atoms with E-state index in [0.29, 0.717) is 12.2 Å². The normalized spacial score (nSPS) is 19.8. The smallest absolute Gasteiger partial charge is 0.277 e. The summed E-state index contributed by atoms with van der Waals surface area (Å²) >= 11 is 1.70. The number of H-pyrrole nitrogens is 1. The van der Waals surface area contributed by atoms with Crippen LogP contribution in [-0.2, 0) is 24.3 Å². The van der Waals surface area contributed by atoms with Gasteiger partial charge in [0.1, 0.15) is 0 Å². The number of hydrogen-bond donors (Lipinski definition) is 1. The molecular weight excluding hydrogens is 410 g/mol. The van der Waals surface area contributed by atoms with Gasteiger partial charge in [-0.2, -0.15) is 11.3 Å². The summed E-state index contributed by atoms with van der Waals surface area (Å²) in [7, 11) is 0. The molecule has 5 rings (SSSR count). The molecule has 0 unspecified atom stereocenters. The Hall–Kier alpha value is -2.45. The standard InChI is InChI=1S/C23H29N5O2S/c1-15(2)22(29)27-8-4-3-5-20(27)19-11-21-24-18-6-9-26(12-16-7-10-31-14-16)13-17(18)23(30)28(21)25-19/h7,10-11,14-15,20,25H,3-6,8-9,12-13H2,1-2H3/t20-/m0/s1. The van der Waals surface area contributed by atoms with Gasteiger partial charge in [-0.1, -0.05) is 13.8 Å². The van der Waals surface area contributed by atoms with Crippen LogP contribution in [0.25, 0.3) is 5.65 Å². The number of thiophene rings is 1. The molecule has 0 spiro atoms. The predicted molar refractivity (Wildman–Crippen MR) is 121 cm³/mol. The summed E-state index contributed by atoms with van der Waals surface area (Å²) in [5.74, 6) is 0.138. The van der Waals surface area contributed by atoms with Crippen molar-refractivity contribution >= 4 is 22.9 Å². The lowest BCUT2D eigenvalue weighted by Crippen LogP contribution is -2.41. The fourth-order valence-electron chi connectivity index (χ4n) is 4.85. The minimum absolute atomic E-state index is 0.0150. The number of carbonyl (C=O) groups is 1. The molecule has 3 aromatic rings. The fourth-order valence-corrected chi connectivity index (χ4v) is 5.51. The molecule has 0 bridgehead atoms. The Bertz CT molecular complexity index is 1150. The lowest BCUT2D eigenvalue weighted by Gasteiger charge is -2.36. The third-order valence-corrected chi connectivity index (χ3v) is 7.22. The summed E-state index contributed by atoms with van der Waals surface area (Å²) in [5, 5.41) is 7.55. The number of nitrogens with zero attached hydrogens (tertiary/aromatic N) is 4. The van der Waals surface area contributed by atoms with Crippen molar-refractivity contribution in [2.45, 2.75) is 58.7 Å². The largest absolute Gasteiger partial charge is 0.334 e. The van der Waals surface area contributed by atoms with Gasteiger partial charge in [-0.05, 0) is 41.7 Å². The zero-order valence-electron chi connectivity index (χ0n) is 18.1. The number of amides is 1. The molecule has 7 nitrogen and oxygen atoms in total. The van der Waals surface area contributed by atoms with Crippen LogP contribution in [0.4, 0.5) is 0 Å². The Labute approximate surface area is 185 Å². The highest BCUT2D eigenvalue weighted by Crippen LogP contribution is 2.31.